The van der Waals surface area contributed by atoms with Gasteiger partial charge < -0.3 is 15.0 Å². The number of carbonyl (C=O) groups excluding carboxylic acids is 2. The van der Waals surface area contributed by atoms with E-state index < -0.39 is 16.1 Å². The molecule has 0 bridgehead atoms. The van der Waals surface area contributed by atoms with Crippen LogP contribution in [0.1, 0.15) is 46.1 Å². The first kappa shape index (κ1) is 30.7. The molecule has 1 atom stereocenters. The molecule has 1 N–H and O–H groups in total. The lowest BCUT2D eigenvalue weighted by atomic mass is 10.1. The highest BCUT2D eigenvalue weighted by Gasteiger charge is 2.27. The molecule has 0 aliphatic rings. The van der Waals surface area contributed by atoms with E-state index in [-0.39, 0.29) is 43.8 Å². The third-order valence-corrected chi connectivity index (χ3v) is 7.32. The number of hydrogen-bond acceptors (Lipinski definition) is 5. The summed E-state index contributed by atoms with van der Waals surface area (Å²) in [4.78, 5) is 27.5. The molecule has 0 heterocycles. The van der Waals surface area contributed by atoms with Gasteiger partial charge >= 0.3 is 0 Å². The minimum Gasteiger partial charge on any atom is -0.494 e. The fourth-order valence-corrected chi connectivity index (χ4v) is 5.13. The first-order valence-electron chi connectivity index (χ1n) is 12.1. The smallest absolute Gasteiger partial charge is 0.242 e. The van der Waals surface area contributed by atoms with Crippen LogP contribution in [0.15, 0.2) is 42.5 Å². The molecule has 37 heavy (non-hydrogen) atoms. The molecule has 2 rings (SSSR count). The van der Waals surface area contributed by atoms with Crippen LogP contribution in [0.4, 0.5) is 5.69 Å². The second-order valence-electron chi connectivity index (χ2n) is 8.96. The minimum atomic E-state index is -3.59. The maximum Gasteiger partial charge on any atom is 0.242 e. The van der Waals surface area contributed by atoms with Crippen molar-refractivity contribution in [1.82, 2.24) is 10.2 Å². The predicted octanol–water partition coefficient (Wildman–Crippen LogP) is 4.88. The summed E-state index contributed by atoms with van der Waals surface area (Å²) in [6.45, 7) is 7.91. The highest BCUT2D eigenvalue weighted by molar-refractivity contribution is 7.92. The Hall–Kier alpha value is -2.49. The quantitative estimate of drug-likeness (QED) is 0.369. The van der Waals surface area contributed by atoms with Crippen LogP contribution in [0.5, 0.6) is 5.75 Å². The number of amides is 2. The van der Waals surface area contributed by atoms with Gasteiger partial charge in [0.1, 0.15) is 11.8 Å². The van der Waals surface area contributed by atoms with Gasteiger partial charge in [-0.25, -0.2) is 8.42 Å². The predicted molar refractivity (Wildman–Crippen MR) is 149 cm³/mol. The molecular formula is C26H35Cl2N3O5S. The molecule has 0 radical (unpaired) electrons. The first-order chi connectivity index (χ1) is 17.3. The molecule has 0 saturated heterocycles. The Morgan fingerprint density at radius 2 is 1.70 bits per heavy atom. The number of nitrogens with zero attached hydrogens (tertiary/aromatic N) is 2. The van der Waals surface area contributed by atoms with Gasteiger partial charge in [-0.15, -0.1) is 0 Å². The first-order valence-corrected chi connectivity index (χ1v) is 14.7. The molecule has 0 unspecified atom stereocenters. The van der Waals surface area contributed by atoms with Crippen LogP contribution in [0.3, 0.4) is 0 Å². The zero-order chi connectivity index (χ0) is 27.8. The molecule has 0 saturated carbocycles. The summed E-state index contributed by atoms with van der Waals surface area (Å²) < 4.78 is 31.6. The van der Waals surface area contributed by atoms with Crippen LogP contribution in [-0.4, -0.2) is 56.6 Å². The normalized spacial score (nSPS) is 12.2. The number of anilines is 1. The molecule has 0 aromatic heterocycles. The Morgan fingerprint density at radius 1 is 1.05 bits per heavy atom. The molecule has 0 fully saturated rings. The van der Waals surface area contributed by atoms with E-state index >= 15 is 0 Å². The van der Waals surface area contributed by atoms with E-state index in [2.05, 4.69) is 5.32 Å². The molecule has 0 aliphatic heterocycles. The molecular weight excluding hydrogens is 537 g/mol. The standard InChI is InChI=1S/C26H35Cl2N3O5S/c1-6-36-23-13-11-22(12-14-23)31(37(5,34)35)15-7-8-25(32)30(19(4)26(33)29-18(2)3)17-20-9-10-21(27)16-24(20)28/h9-14,16,18-19H,6-8,15,17H2,1-5H3,(H,29,33)/t19-/m1/s1. The van der Waals surface area contributed by atoms with Gasteiger partial charge in [-0.05, 0) is 76.1 Å². The number of ether oxygens (including phenoxy) is 1. The van der Waals surface area contributed by atoms with Crippen molar-refractivity contribution in [3.05, 3.63) is 58.1 Å². The minimum absolute atomic E-state index is 0.0353. The average molecular weight is 573 g/mol. The summed E-state index contributed by atoms with van der Waals surface area (Å²) in [5.74, 6) is 0.0539. The topological polar surface area (TPSA) is 96.0 Å². The summed E-state index contributed by atoms with van der Waals surface area (Å²) in [6, 6.07) is 10.9. The maximum atomic E-state index is 13.3. The van der Waals surface area contributed by atoms with Crippen LogP contribution in [0, 0.1) is 0 Å². The SMILES string of the molecule is CCOc1ccc(N(CCCC(=O)N(Cc2ccc(Cl)cc2Cl)[C@H](C)C(=O)NC(C)C)S(C)(=O)=O)cc1. The summed E-state index contributed by atoms with van der Waals surface area (Å²) in [5.41, 5.74) is 1.13. The second kappa shape index (κ2) is 13.9. The van der Waals surface area contributed by atoms with Gasteiger partial charge in [0.05, 0.1) is 18.6 Å². The Bertz CT molecular complexity index is 1170. The molecule has 11 heteroatoms. The van der Waals surface area contributed by atoms with Crippen LogP contribution >= 0.6 is 23.2 Å². The summed E-state index contributed by atoms with van der Waals surface area (Å²) in [5, 5.41) is 3.69. The van der Waals surface area contributed by atoms with Gasteiger partial charge in [-0.2, -0.15) is 0 Å². The Balaban J connectivity index is 2.19. The molecule has 0 aliphatic carbocycles. The number of carbonyl (C=O) groups is 2. The van der Waals surface area contributed by atoms with Crippen molar-refractivity contribution < 1.29 is 22.7 Å². The van der Waals surface area contributed by atoms with Crippen LogP contribution in [-0.2, 0) is 26.2 Å². The van der Waals surface area contributed by atoms with Crippen molar-refractivity contribution in [2.75, 3.05) is 23.7 Å². The lowest BCUT2D eigenvalue weighted by molar-refractivity contribution is -0.140. The second-order valence-corrected chi connectivity index (χ2v) is 11.7. The fourth-order valence-electron chi connectivity index (χ4n) is 3.70. The molecule has 8 nitrogen and oxygen atoms in total. The van der Waals surface area contributed by atoms with Gasteiger partial charge in [0, 0.05) is 35.6 Å². The third kappa shape index (κ3) is 9.39. The fraction of sp³-hybridized carbons (Fsp3) is 0.462. The van der Waals surface area contributed by atoms with Gasteiger partial charge in [0.25, 0.3) is 0 Å². The number of sulfonamides is 1. The van der Waals surface area contributed by atoms with E-state index in [1.165, 1.54) is 9.21 Å². The summed E-state index contributed by atoms with van der Waals surface area (Å²) >= 11 is 12.3. The molecule has 2 aromatic carbocycles. The van der Waals surface area contributed by atoms with Crippen molar-refractivity contribution in [3.63, 3.8) is 0 Å². The zero-order valence-electron chi connectivity index (χ0n) is 21.8. The van der Waals surface area contributed by atoms with E-state index in [9.17, 15) is 18.0 Å². The zero-order valence-corrected chi connectivity index (χ0v) is 24.2. The molecule has 2 amide bonds. The highest BCUT2D eigenvalue weighted by Crippen LogP contribution is 2.25. The van der Waals surface area contributed by atoms with Crippen molar-refractivity contribution >= 4 is 50.7 Å². The van der Waals surface area contributed by atoms with Crippen molar-refractivity contribution in [2.24, 2.45) is 0 Å². The average Bonchev–Trinajstić information content (AvgIpc) is 2.80. The van der Waals surface area contributed by atoms with Gasteiger partial charge in [-0.3, -0.25) is 13.9 Å². The number of nitrogens with one attached hydrogen (secondary N) is 1. The van der Waals surface area contributed by atoms with Crippen LogP contribution in [0.25, 0.3) is 0 Å². The van der Waals surface area contributed by atoms with Gasteiger partial charge in [-0.1, -0.05) is 29.3 Å². The molecule has 2 aromatic rings. The van der Waals surface area contributed by atoms with E-state index in [0.717, 1.165) is 6.26 Å². The van der Waals surface area contributed by atoms with Crippen molar-refractivity contribution in [2.45, 2.75) is 59.2 Å². The van der Waals surface area contributed by atoms with Crippen LogP contribution in [0.2, 0.25) is 10.0 Å². The highest BCUT2D eigenvalue weighted by atomic mass is 35.5. The van der Waals surface area contributed by atoms with E-state index in [0.29, 0.717) is 33.7 Å². The monoisotopic (exact) mass is 571 g/mol. The van der Waals surface area contributed by atoms with E-state index in [4.69, 9.17) is 27.9 Å². The lowest BCUT2D eigenvalue weighted by Gasteiger charge is -2.30. The summed E-state index contributed by atoms with van der Waals surface area (Å²) in [7, 11) is -3.59. The van der Waals surface area contributed by atoms with Gasteiger partial charge in [0.15, 0.2) is 0 Å². The third-order valence-electron chi connectivity index (χ3n) is 5.54. The number of rotatable bonds is 13. The van der Waals surface area contributed by atoms with Crippen molar-refractivity contribution in [3.8, 4) is 5.75 Å². The summed E-state index contributed by atoms with van der Waals surface area (Å²) in [6.07, 6.45) is 1.41. The van der Waals surface area contributed by atoms with Crippen LogP contribution < -0.4 is 14.4 Å². The Labute approximate surface area is 229 Å². The van der Waals surface area contributed by atoms with Crippen molar-refractivity contribution in [1.29, 1.82) is 0 Å². The molecule has 204 valence electrons. The lowest BCUT2D eigenvalue weighted by Crippen LogP contribution is -2.49. The molecule has 0 spiro atoms. The van der Waals surface area contributed by atoms with E-state index in [1.807, 2.05) is 20.8 Å². The van der Waals surface area contributed by atoms with Gasteiger partial charge in [0.2, 0.25) is 21.8 Å². The van der Waals surface area contributed by atoms with E-state index in [1.54, 1.807) is 49.4 Å². The number of halogens is 2. The Kier molecular flexibility index (Phi) is 11.5. The maximum absolute atomic E-state index is 13.3. The number of hydrogen-bond donors (Lipinski definition) is 1. The Morgan fingerprint density at radius 3 is 2.24 bits per heavy atom. The largest absolute Gasteiger partial charge is 0.494 e. The number of benzene rings is 2.